The number of thioether (sulfide) groups is 1. The van der Waals surface area contributed by atoms with Crippen LogP contribution in [0, 0.1) is 10.1 Å². The first-order valence-corrected chi connectivity index (χ1v) is 8.95. The number of halogens is 1. The fourth-order valence-electron chi connectivity index (χ4n) is 1.92. The molecule has 0 aromatic heterocycles. The normalized spacial score (nSPS) is 10.7. The fourth-order valence-corrected chi connectivity index (χ4v) is 2.94. The van der Waals surface area contributed by atoms with Crippen LogP contribution >= 0.6 is 27.7 Å². The third-order valence-corrected chi connectivity index (χ3v) is 4.09. The number of nitrogens with zero attached hydrogens (tertiary/aromatic N) is 1. The third-order valence-electron chi connectivity index (χ3n) is 2.93. The van der Waals surface area contributed by atoms with Crippen molar-refractivity contribution in [1.29, 1.82) is 0 Å². The Balaban J connectivity index is 2.23. The Morgan fingerprint density at radius 2 is 2.00 bits per heavy atom. The summed E-state index contributed by atoms with van der Waals surface area (Å²) >= 11 is 5.20. The second-order valence-corrected chi connectivity index (χ2v) is 6.56. The van der Waals surface area contributed by atoms with Gasteiger partial charge in [0.2, 0.25) is 0 Å². The molecule has 1 N–H and O–H groups in total. The molecule has 1 aromatic rings. The molecule has 112 valence electrons. The Bertz CT molecular complexity index is 430. The van der Waals surface area contributed by atoms with E-state index < -0.39 is 0 Å². The first-order valence-electron chi connectivity index (χ1n) is 6.77. The van der Waals surface area contributed by atoms with Crippen molar-refractivity contribution in [3.8, 4) is 0 Å². The van der Waals surface area contributed by atoms with Gasteiger partial charge < -0.3 is 5.32 Å². The Hall–Kier alpha value is -0.590. The largest absolute Gasteiger partial charge is 0.313 e. The molecule has 0 atom stereocenters. The molecular weight excluding hydrogens is 340 g/mol. The van der Waals surface area contributed by atoms with Gasteiger partial charge in [0.1, 0.15) is 0 Å². The summed E-state index contributed by atoms with van der Waals surface area (Å²) < 4.78 is 0.751. The zero-order chi connectivity index (χ0) is 14.8. The van der Waals surface area contributed by atoms with E-state index in [1.54, 1.807) is 6.07 Å². The third kappa shape index (κ3) is 7.26. The van der Waals surface area contributed by atoms with Crippen LogP contribution in [0.15, 0.2) is 22.7 Å². The smallest absolute Gasteiger partial charge is 0.270 e. The van der Waals surface area contributed by atoms with Crippen LogP contribution in [-0.2, 0) is 6.54 Å². The van der Waals surface area contributed by atoms with Crippen LogP contribution in [0.25, 0.3) is 0 Å². The monoisotopic (exact) mass is 360 g/mol. The number of nitro benzene ring substituents is 1. The average Bonchev–Trinajstić information content (AvgIpc) is 2.41. The van der Waals surface area contributed by atoms with Crippen molar-refractivity contribution < 1.29 is 4.92 Å². The Labute approximate surface area is 133 Å². The first kappa shape index (κ1) is 17.5. The zero-order valence-corrected chi connectivity index (χ0v) is 14.1. The van der Waals surface area contributed by atoms with Crippen LogP contribution in [0.1, 0.15) is 31.2 Å². The van der Waals surface area contributed by atoms with Crippen LogP contribution < -0.4 is 5.32 Å². The lowest BCUT2D eigenvalue weighted by Crippen LogP contribution is -2.14. The zero-order valence-electron chi connectivity index (χ0n) is 11.7. The van der Waals surface area contributed by atoms with Crippen LogP contribution in [0.4, 0.5) is 5.69 Å². The number of unbranched alkanes of at least 4 members (excludes halogenated alkanes) is 3. The summed E-state index contributed by atoms with van der Waals surface area (Å²) in [6.07, 6.45) is 7.11. The van der Waals surface area contributed by atoms with Gasteiger partial charge in [-0.3, -0.25) is 10.1 Å². The van der Waals surface area contributed by atoms with E-state index in [4.69, 9.17) is 0 Å². The molecule has 0 amide bonds. The van der Waals surface area contributed by atoms with Crippen molar-refractivity contribution in [2.45, 2.75) is 32.2 Å². The molecule has 0 bridgehead atoms. The summed E-state index contributed by atoms with van der Waals surface area (Å²) in [7, 11) is 0. The van der Waals surface area contributed by atoms with Crippen LogP contribution in [0.3, 0.4) is 0 Å². The Kier molecular flexibility index (Phi) is 8.89. The molecule has 0 unspecified atom stereocenters. The highest BCUT2D eigenvalue weighted by molar-refractivity contribution is 9.10. The fraction of sp³-hybridized carbons (Fsp3) is 0.571. The van der Waals surface area contributed by atoms with Gasteiger partial charge in [-0.15, -0.1) is 0 Å². The number of nitro groups is 1. The van der Waals surface area contributed by atoms with E-state index in [0.29, 0.717) is 6.54 Å². The molecule has 0 saturated heterocycles. The standard InChI is InChI=1S/C14H21BrN2O2S/c1-20-7-5-3-2-4-6-16-11-12-8-13(15)10-14(9-12)17(18)19/h8-10,16H,2-7,11H2,1H3. The number of hydrogen-bond acceptors (Lipinski definition) is 4. The van der Waals surface area contributed by atoms with E-state index in [1.807, 2.05) is 17.8 Å². The Morgan fingerprint density at radius 3 is 2.70 bits per heavy atom. The predicted molar refractivity (Wildman–Crippen MR) is 89.4 cm³/mol. The number of rotatable bonds is 10. The van der Waals surface area contributed by atoms with Crippen molar-refractivity contribution in [1.82, 2.24) is 5.32 Å². The maximum absolute atomic E-state index is 10.8. The van der Waals surface area contributed by atoms with E-state index in [0.717, 1.165) is 23.0 Å². The van der Waals surface area contributed by atoms with E-state index >= 15 is 0 Å². The van der Waals surface area contributed by atoms with Crippen LogP contribution in [0.5, 0.6) is 0 Å². The lowest BCUT2D eigenvalue weighted by atomic mass is 10.2. The van der Waals surface area contributed by atoms with Gasteiger partial charge in [-0.2, -0.15) is 11.8 Å². The summed E-state index contributed by atoms with van der Waals surface area (Å²) in [5.74, 6) is 1.25. The number of benzene rings is 1. The molecule has 1 rings (SSSR count). The van der Waals surface area contributed by atoms with Gasteiger partial charge in [0.25, 0.3) is 5.69 Å². The molecular formula is C14H21BrN2O2S. The Morgan fingerprint density at radius 1 is 1.25 bits per heavy atom. The van der Waals surface area contributed by atoms with E-state index in [1.165, 1.54) is 31.1 Å². The van der Waals surface area contributed by atoms with Crippen molar-refractivity contribution >= 4 is 33.4 Å². The highest BCUT2D eigenvalue weighted by Crippen LogP contribution is 2.21. The van der Waals surface area contributed by atoms with Gasteiger partial charge in [0, 0.05) is 23.2 Å². The summed E-state index contributed by atoms with van der Waals surface area (Å²) in [5.41, 5.74) is 1.07. The molecule has 0 saturated carbocycles. The van der Waals surface area contributed by atoms with Crippen molar-refractivity contribution in [3.63, 3.8) is 0 Å². The van der Waals surface area contributed by atoms with E-state index in [-0.39, 0.29) is 10.6 Å². The van der Waals surface area contributed by atoms with Crippen LogP contribution in [-0.4, -0.2) is 23.5 Å². The minimum atomic E-state index is -0.361. The highest BCUT2D eigenvalue weighted by atomic mass is 79.9. The molecule has 6 heteroatoms. The van der Waals surface area contributed by atoms with Gasteiger partial charge in [-0.1, -0.05) is 28.8 Å². The first-order chi connectivity index (χ1) is 9.63. The molecule has 0 aliphatic rings. The maximum Gasteiger partial charge on any atom is 0.270 e. The van der Waals surface area contributed by atoms with Gasteiger partial charge in [-0.05, 0) is 43.0 Å². The minimum absolute atomic E-state index is 0.133. The average molecular weight is 361 g/mol. The molecule has 1 aromatic carbocycles. The van der Waals surface area contributed by atoms with Gasteiger partial charge >= 0.3 is 0 Å². The predicted octanol–water partition coefficient (Wildman–Crippen LogP) is 4.37. The topological polar surface area (TPSA) is 55.2 Å². The van der Waals surface area contributed by atoms with Gasteiger partial charge in [0.05, 0.1) is 4.92 Å². The number of hydrogen-bond donors (Lipinski definition) is 1. The molecule has 0 aliphatic carbocycles. The van der Waals surface area contributed by atoms with Crippen LogP contribution in [0.2, 0.25) is 0 Å². The molecule has 4 nitrogen and oxygen atoms in total. The number of non-ortho nitro benzene ring substituents is 1. The summed E-state index contributed by atoms with van der Waals surface area (Å²) in [6, 6.07) is 5.06. The van der Waals surface area contributed by atoms with Crippen molar-refractivity contribution in [3.05, 3.63) is 38.3 Å². The quantitative estimate of drug-likeness (QED) is 0.382. The van der Waals surface area contributed by atoms with Crippen molar-refractivity contribution in [2.75, 3.05) is 18.6 Å². The lowest BCUT2D eigenvalue weighted by molar-refractivity contribution is -0.385. The summed E-state index contributed by atoms with van der Waals surface area (Å²) in [6.45, 7) is 1.63. The SMILES string of the molecule is CSCCCCCCNCc1cc(Br)cc([N+](=O)[O-])c1. The van der Waals surface area contributed by atoms with E-state index in [9.17, 15) is 10.1 Å². The molecule has 0 fully saturated rings. The lowest BCUT2D eigenvalue weighted by Gasteiger charge is -2.06. The van der Waals surface area contributed by atoms with Gasteiger partial charge in [-0.25, -0.2) is 0 Å². The second-order valence-electron chi connectivity index (χ2n) is 4.66. The molecule has 0 spiro atoms. The minimum Gasteiger partial charge on any atom is -0.313 e. The molecule has 0 radical (unpaired) electrons. The van der Waals surface area contributed by atoms with E-state index in [2.05, 4.69) is 27.5 Å². The second kappa shape index (κ2) is 10.2. The molecule has 0 aliphatic heterocycles. The highest BCUT2D eigenvalue weighted by Gasteiger charge is 2.08. The summed E-state index contributed by atoms with van der Waals surface area (Å²) in [5, 5.41) is 14.1. The van der Waals surface area contributed by atoms with Crippen molar-refractivity contribution in [2.24, 2.45) is 0 Å². The molecule has 0 heterocycles. The maximum atomic E-state index is 10.8. The molecule has 20 heavy (non-hydrogen) atoms. The number of nitrogens with one attached hydrogen (secondary N) is 1. The summed E-state index contributed by atoms with van der Waals surface area (Å²) in [4.78, 5) is 10.4. The van der Waals surface area contributed by atoms with Gasteiger partial charge in [0.15, 0.2) is 0 Å².